The average molecular weight is 242 g/mol. The van der Waals surface area contributed by atoms with Crippen molar-refractivity contribution in [3.8, 4) is 5.75 Å². The highest BCUT2D eigenvalue weighted by Gasteiger charge is 2.08. The first kappa shape index (κ1) is 13.6. The lowest BCUT2D eigenvalue weighted by Crippen LogP contribution is -2.07. The third-order valence-electron chi connectivity index (χ3n) is 2.24. The molecule has 0 bridgehead atoms. The van der Waals surface area contributed by atoms with E-state index in [1.165, 1.54) is 6.07 Å². The lowest BCUT2D eigenvalue weighted by Gasteiger charge is -2.12. The van der Waals surface area contributed by atoms with Crippen molar-refractivity contribution >= 4 is 11.4 Å². The SMILES string of the molecule is CCOc1cc(NCCCOC)c(N)cc1F. The maximum atomic E-state index is 13.4. The number of nitrogens with one attached hydrogen (secondary N) is 1. The van der Waals surface area contributed by atoms with E-state index in [1.54, 1.807) is 13.2 Å². The van der Waals surface area contributed by atoms with Gasteiger partial charge in [-0.3, -0.25) is 0 Å². The average Bonchev–Trinajstić information content (AvgIpc) is 2.30. The van der Waals surface area contributed by atoms with E-state index in [0.29, 0.717) is 24.6 Å². The molecule has 0 saturated heterocycles. The summed E-state index contributed by atoms with van der Waals surface area (Å²) < 4.78 is 23.5. The largest absolute Gasteiger partial charge is 0.491 e. The molecule has 0 saturated carbocycles. The molecule has 0 aliphatic carbocycles. The Bertz CT molecular complexity index is 359. The van der Waals surface area contributed by atoms with Gasteiger partial charge in [-0.05, 0) is 13.3 Å². The molecule has 0 aliphatic rings. The second kappa shape index (κ2) is 6.96. The molecule has 1 aromatic carbocycles. The van der Waals surface area contributed by atoms with E-state index in [-0.39, 0.29) is 5.75 Å². The molecule has 1 rings (SSSR count). The molecule has 0 amide bonds. The van der Waals surface area contributed by atoms with Crippen LogP contribution in [0, 0.1) is 5.82 Å². The van der Waals surface area contributed by atoms with Gasteiger partial charge in [0.15, 0.2) is 11.6 Å². The van der Waals surface area contributed by atoms with E-state index in [0.717, 1.165) is 13.0 Å². The van der Waals surface area contributed by atoms with Crippen LogP contribution in [0.3, 0.4) is 0 Å². The third-order valence-corrected chi connectivity index (χ3v) is 2.24. The molecule has 0 radical (unpaired) electrons. The highest BCUT2D eigenvalue weighted by Crippen LogP contribution is 2.28. The summed E-state index contributed by atoms with van der Waals surface area (Å²) in [4.78, 5) is 0. The van der Waals surface area contributed by atoms with Crippen LogP contribution < -0.4 is 15.8 Å². The highest BCUT2D eigenvalue weighted by molar-refractivity contribution is 5.68. The summed E-state index contributed by atoms with van der Waals surface area (Å²) in [6.07, 6.45) is 0.858. The lowest BCUT2D eigenvalue weighted by atomic mass is 10.2. The summed E-state index contributed by atoms with van der Waals surface area (Å²) >= 11 is 0. The first-order chi connectivity index (χ1) is 8.19. The number of nitrogens with two attached hydrogens (primary N) is 1. The van der Waals surface area contributed by atoms with Crippen LogP contribution in [-0.4, -0.2) is 26.9 Å². The van der Waals surface area contributed by atoms with E-state index >= 15 is 0 Å². The van der Waals surface area contributed by atoms with Gasteiger partial charge in [0, 0.05) is 32.4 Å². The van der Waals surface area contributed by atoms with E-state index in [1.807, 2.05) is 6.92 Å². The molecule has 0 heterocycles. The number of hydrogen-bond donors (Lipinski definition) is 2. The number of hydrogen-bond acceptors (Lipinski definition) is 4. The summed E-state index contributed by atoms with van der Waals surface area (Å²) in [7, 11) is 1.65. The van der Waals surface area contributed by atoms with Crippen LogP contribution in [0.2, 0.25) is 0 Å². The summed E-state index contributed by atoms with van der Waals surface area (Å²) in [5, 5.41) is 3.12. The predicted molar refractivity (Wildman–Crippen MR) is 67.0 cm³/mol. The van der Waals surface area contributed by atoms with Gasteiger partial charge in [-0.2, -0.15) is 0 Å². The fourth-order valence-corrected chi connectivity index (χ4v) is 1.43. The summed E-state index contributed by atoms with van der Waals surface area (Å²) in [5.74, 6) is -0.220. The van der Waals surface area contributed by atoms with Crippen LogP contribution in [0.25, 0.3) is 0 Å². The fourth-order valence-electron chi connectivity index (χ4n) is 1.43. The number of halogens is 1. The van der Waals surface area contributed by atoms with Crippen LogP contribution in [0.5, 0.6) is 5.75 Å². The molecule has 3 N–H and O–H groups in total. The molecule has 17 heavy (non-hydrogen) atoms. The molecule has 4 nitrogen and oxygen atoms in total. The van der Waals surface area contributed by atoms with E-state index in [4.69, 9.17) is 15.2 Å². The second-order valence-electron chi connectivity index (χ2n) is 3.58. The van der Waals surface area contributed by atoms with Crippen molar-refractivity contribution in [3.05, 3.63) is 17.9 Å². The van der Waals surface area contributed by atoms with Gasteiger partial charge < -0.3 is 20.5 Å². The number of methoxy groups -OCH3 is 1. The Morgan fingerprint density at radius 1 is 1.41 bits per heavy atom. The van der Waals surface area contributed by atoms with Gasteiger partial charge in [0.2, 0.25) is 0 Å². The van der Waals surface area contributed by atoms with Gasteiger partial charge in [-0.1, -0.05) is 0 Å². The smallest absolute Gasteiger partial charge is 0.167 e. The normalized spacial score (nSPS) is 10.3. The minimum atomic E-state index is -0.438. The molecule has 96 valence electrons. The van der Waals surface area contributed by atoms with Gasteiger partial charge >= 0.3 is 0 Å². The standard InChI is InChI=1S/C12H19FN2O2/c1-3-17-12-8-11(10(14)7-9(12)13)15-5-4-6-16-2/h7-8,15H,3-6,14H2,1-2H3. The van der Waals surface area contributed by atoms with E-state index in [9.17, 15) is 4.39 Å². The number of anilines is 2. The fraction of sp³-hybridized carbons (Fsp3) is 0.500. The van der Waals surface area contributed by atoms with Crippen molar-refractivity contribution in [1.82, 2.24) is 0 Å². The molecule has 0 aliphatic heterocycles. The maximum absolute atomic E-state index is 13.4. The zero-order valence-corrected chi connectivity index (χ0v) is 10.3. The summed E-state index contributed by atoms with van der Waals surface area (Å²) in [6.45, 7) is 3.62. The van der Waals surface area contributed by atoms with Crippen molar-refractivity contribution in [2.24, 2.45) is 0 Å². The van der Waals surface area contributed by atoms with Gasteiger partial charge in [0.05, 0.1) is 18.0 Å². The first-order valence-corrected chi connectivity index (χ1v) is 5.63. The van der Waals surface area contributed by atoms with Gasteiger partial charge in [-0.25, -0.2) is 4.39 Å². The number of nitrogen functional groups attached to an aromatic ring is 1. The molecule has 0 spiro atoms. The van der Waals surface area contributed by atoms with Crippen molar-refractivity contribution in [2.75, 3.05) is 37.9 Å². The van der Waals surface area contributed by atoms with Crippen molar-refractivity contribution in [3.63, 3.8) is 0 Å². The third kappa shape index (κ3) is 4.11. The van der Waals surface area contributed by atoms with Crippen molar-refractivity contribution in [2.45, 2.75) is 13.3 Å². The first-order valence-electron chi connectivity index (χ1n) is 5.63. The Labute approximate surface area is 101 Å². The summed E-state index contributed by atoms with van der Waals surface area (Å²) in [5.41, 5.74) is 6.78. The van der Waals surface area contributed by atoms with Crippen LogP contribution >= 0.6 is 0 Å². The van der Waals surface area contributed by atoms with Crippen LogP contribution in [0.15, 0.2) is 12.1 Å². The molecule has 0 unspecified atom stereocenters. The lowest BCUT2D eigenvalue weighted by molar-refractivity contribution is 0.198. The van der Waals surface area contributed by atoms with Crippen LogP contribution in [-0.2, 0) is 4.74 Å². The Hall–Kier alpha value is -1.49. The predicted octanol–water partition coefficient (Wildman–Crippen LogP) is 2.25. The van der Waals surface area contributed by atoms with Crippen molar-refractivity contribution in [1.29, 1.82) is 0 Å². The number of benzene rings is 1. The Kier molecular flexibility index (Phi) is 5.56. The molecule has 5 heteroatoms. The molecule has 0 atom stereocenters. The number of rotatable bonds is 7. The van der Waals surface area contributed by atoms with E-state index in [2.05, 4.69) is 5.32 Å². The minimum absolute atomic E-state index is 0.218. The van der Waals surface area contributed by atoms with Gasteiger partial charge in [-0.15, -0.1) is 0 Å². The van der Waals surface area contributed by atoms with Gasteiger partial charge in [0.25, 0.3) is 0 Å². The zero-order valence-electron chi connectivity index (χ0n) is 10.3. The topological polar surface area (TPSA) is 56.5 Å². The minimum Gasteiger partial charge on any atom is -0.491 e. The molecular formula is C12H19FN2O2. The molecule has 1 aromatic rings. The Balaban J connectivity index is 2.66. The maximum Gasteiger partial charge on any atom is 0.167 e. The van der Waals surface area contributed by atoms with Crippen LogP contribution in [0.4, 0.5) is 15.8 Å². The summed E-state index contributed by atoms with van der Waals surface area (Å²) in [6, 6.07) is 2.85. The zero-order chi connectivity index (χ0) is 12.7. The molecular weight excluding hydrogens is 223 g/mol. The number of ether oxygens (including phenoxy) is 2. The van der Waals surface area contributed by atoms with Crippen LogP contribution in [0.1, 0.15) is 13.3 Å². The molecule has 0 aromatic heterocycles. The van der Waals surface area contributed by atoms with E-state index < -0.39 is 5.82 Å². The second-order valence-corrected chi connectivity index (χ2v) is 3.58. The molecule has 0 fully saturated rings. The van der Waals surface area contributed by atoms with Crippen molar-refractivity contribution < 1.29 is 13.9 Å². The quantitative estimate of drug-likeness (QED) is 0.569. The Morgan fingerprint density at radius 3 is 2.82 bits per heavy atom. The highest BCUT2D eigenvalue weighted by atomic mass is 19.1. The van der Waals surface area contributed by atoms with Gasteiger partial charge in [0.1, 0.15) is 0 Å². The monoisotopic (exact) mass is 242 g/mol. The Morgan fingerprint density at radius 2 is 2.18 bits per heavy atom.